The van der Waals surface area contributed by atoms with Gasteiger partial charge in [-0.05, 0) is 90.1 Å². The van der Waals surface area contributed by atoms with Gasteiger partial charge in [-0.2, -0.15) is 0 Å². The van der Waals surface area contributed by atoms with Crippen LogP contribution in [-0.4, -0.2) is 5.84 Å². The van der Waals surface area contributed by atoms with Crippen molar-refractivity contribution in [1.82, 2.24) is 0 Å². The van der Waals surface area contributed by atoms with Crippen molar-refractivity contribution in [1.29, 1.82) is 0 Å². The second-order valence-electron chi connectivity index (χ2n) is 14.2. The molecule has 1 unspecified atom stereocenters. The third-order valence-electron chi connectivity index (χ3n) is 11.5. The van der Waals surface area contributed by atoms with Gasteiger partial charge in [0.25, 0.3) is 0 Å². The normalized spacial score (nSPS) is 15.6. The third-order valence-corrected chi connectivity index (χ3v) is 11.5. The van der Waals surface area contributed by atoms with Crippen LogP contribution >= 0.6 is 0 Å². The standard InChI is InChI=1S/C51H34N2/c1-4-18-38(19-5-1)51(39-20-6-2-7-21-39)45-27-15-14-26-43(45)44-33-37(30-31-46(44)51)49-52-50(53(49)40-22-8-3-9-23-40)48-42-25-13-11-17-35(42)32-36-29-28-34-16-10-12-24-41(34)47(36)48/h1-33,49H. The first-order valence-electron chi connectivity index (χ1n) is 18.4. The summed E-state index contributed by atoms with van der Waals surface area (Å²) in [4.78, 5) is 8.06. The largest absolute Gasteiger partial charge is 0.299 e. The number of anilines is 1. The Morgan fingerprint density at radius 3 is 1.77 bits per heavy atom. The highest BCUT2D eigenvalue weighted by atomic mass is 15.4. The minimum atomic E-state index is -0.428. The molecule has 11 rings (SSSR count). The van der Waals surface area contributed by atoms with Crippen molar-refractivity contribution >= 4 is 43.8 Å². The van der Waals surface area contributed by atoms with E-state index in [1.165, 1.54) is 76.8 Å². The van der Waals surface area contributed by atoms with Gasteiger partial charge < -0.3 is 0 Å². The minimum absolute atomic E-state index is 0.183. The summed E-state index contributed by atoms with van der Waals surface area (Å²) in [5.41, 5.74) is 10.8. The fourth-order valence-electron chi connectivity index (χ4n) is 9.26. The van der Waals surface area contributed by atoms with Gasteiger partial charge in [0.1, 0.15) is 5.84 Å². The Balaban J connectivity index is 1.16. The van der Waals surface area contributed by atoms with E-state index in [0.717, 1.165) is 11.5 Å². The van der Waals surface area contributed by atoms with E-state index in [2.05, 4.69) is 205 Å². The Hall–Kier alpha value is -6.77. The molecule has 0 saturated carbocycles. The lowest BCUT2D eigenvalue weighted by Gasteiger charge is -2.41. The average molecular weight is 675 g/mol. The van der Waals surface area contributed by atoms with E-state index in [9.17, 15) is 0 Å². The number of amidine groups is 1. The van der Waals surface area contributed by atoms with Gasteiger partial charge in [0.05, 0.1) is 5.41 Å². The molecule has 0 saturated heterocycles. The number of hydrogen-bond donors (Lipinski definition) is 0. The molecular weight excluding hydrogens is 641 g/mol. The molecule has 2 aliphatic rings. The van der Waals surface area contributed by atoms with Gasteiger partial charge >= 0.3 is 0 Å². The molecule has 0 amide bonds. The van der Waals surface area contributed by atoms with Crippen molar-refractivity contribution in [3.05, 3.63) is 234 Å². The maximum Gasteiger partial charge on any atom is 0.155 e. The lowest BCUT2D eigenvalue weighted by Crippen LogP contribution is -2.44. The van der Waals surface area contributed by atoms with Crippen LogP contribution < -0.4 is 4.90 Å². The van der Waals surface area contributed by atoms with Gasteiger partial charge in [-0.1, -0.05) is 176 Å². The van der Waals surface area contributed by atoms with Crippen molar-refractivity contribution in [2.75, 3.05) is 4.90 Å². The Labute approximate surface area is 309 Å². The van der Waals surface area contributed by atoms with Crippen LogP contribution in [0.15, 0.2) is 205 Å². The summed E-state index contributed by atoms with van der Waals surface area (Å²) in [6, 6.07) is 73.2. The number of fused-ring (bicyclic) bond motifs is 7. The zero-order chi connectivity index (χ0) is 34.9. The van der Waals surface area contributed by atoms with Gasteiger partial charge in [0.2, 0.25) is 0 Å². The predicted octanol–water partition coefficient (Wildman–Crippen LogP) is 12.5. The van der Waals surface area contributed by atoms with Gasteiger partial charge in [0, 0.05) is 16.6 Å². The number of nitrogens with zero attached hydrogens (tertiary/aromatic N) is 2. The van der Waals surface area contributed by atoms with E-state index >= 15 is 0 Å². The van der Waals surface area contributed by atoms with Crippen molar-refractivity contribution in [3.63, 3.8) is 0 Å². The van der Waals surface area contributed by atoms with E-state index in [0.29, 0.717) is 0 Å². The van der Waals surface area contributed by atoms with Gasteiger partial charge in [0.15, 0.2) is 6.17 Å². The maximum absolute atomic E-state index is 5.60. The summed E-state index contributed by atoms with van der Waals surface area (Å²) < 4.78 is 0. The summed E-state index contributed by atoms with van der Waals surface area (Å²) >= 11 is 0. The molecule has 2 heteroatoms. The molecule has 0 spiro atoms. The van der Waals surface area contributed by atoms with E-state index in [4.69, 9.17) is 4.99 Å². The fraction of sp³-hybridized carbons (Fsp3) is 0.0392. The molecule has 1 heterocycles. The van der Waals surface area contributed by atoms with Crippen LogP contribution in [0.2, 0.25) is 0 Å². The van der Waals surface area contributed by atoms with E-state index in [1.807, 2.05) is 0 Å². The monoisotopic (exact) mass is 674 g/mol. The zero-order valence-corrected chi connectivity index (χ0v) is 29.0. The van der Waals surface area contributed by atoms with Crippen molar-refractivity contribution in [2.45, 2.75) is 11.6 Å². The van der Waals surface area contributed by atoms with Crippen molar-refractivity contribution in [2.24, 2.45) is 4.99 Å². The number of aliphatic imine (C=N–C) groups is 1. The molecule has 9 aromatic rings. The molecule has 248 valence electrons. The van der Waals surface area contributed by atoms with Crippen LogP contribution in [0.25, 0.3) is 43.4 Å². The molecule has 0 bridgehead atoms. The summed E-state index contributed by atoms with van der Waals surface area (Å²) in [5, 5.41) is 7.39. The number of para-hydroxylation sites is 1. The SMILES string of the molecule is c1ccc(N2C(c3c4ccccc4cc4ccc5ccccc5c34)=NC2c2ccc3c(c2)-c2ccccc2C3(c2ccccc2)c2ccccc2)cc1. The molecule has 1 atom stereocenters. The smallest absolute Gasteiger partial charge is 0.155 e. The Morgan fingerprint density at radius 2 is 1.02 bits per heavy atom. The molecule has 53 heavy (non-hydrogen) atoms. The van der Waals surface area contributed by atoms with Gasteiger partial charge in [-0.15, -0.1) is 0 Å². The summed E-state index contributed by atoms with van der Waals surface area (Å²) in [6.45, 7) is 0. The minimum Gasteiger partial charge on any atom is -0.299 e. The topological polar surface area (TPSA) is 15.6 Å². The summed E-state index contributed by atoms with van der Waals surface area (Å²) in [5.74, 6) is 1.00. The molecule has 0 fully saturated rings. The summed E-state index contributed by atoms with van der Waals surface area (Å²) in [7, 11) is 0. The van der Waals surface area contributed by atoms with E-state index in [-0.39, 0.29) is 6.17 Å². The molecule has 0 radical (unpaired) electrons. The number of rotatable bonds is 5. The fourth-order valence-corrected chi connectivity index (χ4v) is 9.26. The van der Waals surface area contributed by atoms with Crippen LogP contribution in [0.1, 0.15) is 39.5 Å². The average Bonchev–Trinajstić information content (AvgIpc) is 3.51. The summed E-state index contributed by atoms with van der Waals surface area (Å²) in [6.07, 6.45) is -0.183. The first kappa shape index (κ1) is 29.9. The first-order chi connectivity index (χ1) is 26.3. The highest BCUT2D eigenvalue weighted by Gasteiger charge is 2.46. The maximum atomic E-state index is 5.60. The molecule has 1 aliphatic carbocycles. The van der Waals surface area contributed by atoms with Gasteiger partial charge in [-0.3, -0.25) is 4.90 Å². The molecule has 0 aromatic heterocycles. The van der Waals surface area contributed by atoms with Gasteiger partial charge in [-0.25, -0.2) is 4.99 Å². The quantitative estimate of drug-likeness (QED) is 0.131. The highest BCUT2D eigenvalue weighted by molar-refractivity contribution is 6.31. The Bertz CT molecular complexity index is 2850. The Morgan fingerprint density at radius 1 is 0.434 bits per heavy atom. The number of benzene rings is 9. The van der Waals surface area contributed by atoms with Crippen molar-refractivity contribution < 1.29 is 0 Å². The molecule has 0 N–H and O–H groups in total. The van der Waals surface area contributed by atoms with E-state index < -0.39 is 5.41 Å². The molecular formula is C51H34N2. The number of hydrogen-bond acceptors (Lipinski definition) is 2. The Kier molecular flexibility index (Phi) is 6.56. The third kappa shape index (κ3) is 4.30. The van der Waals surface area contributed by atoms with Crippen LogP contribution in [0, 0.1) is 0 Å². The van der Waals surface area contributed by atoms with Crippen LogP contribution in [-0.2, 0) is 5.41 Å². The first-order valence-corrected chi connectivity index (χ1v) is 18.4. The van der Waals surface area contributed by atoms with Crippen LogP contribution in [0.4, 0.5) is 5.69 Å². The highest BCUT2D eigenvalue weighted by Crippen LogP contribution is 2.57. The molecule has 1 aliphatic heterocycles. The predicted molar refractivity (Wildman–Crippen MR) is 221 cm³/mol. The molecule has 2 nitrogen and oxygen atoms in total. The second kappa shape index (κ2) is 11.6. The van der Waals surface area contributed by atoms with E-state index in [1.54, 1.807) is 0 Å². The van der Waals surface area contributed by atoms with Crippen molar-refractivity contribution in [3.8, 4) is 11.1 Å². The van der Waals surface area contributed by atoms with Crippen LogP contribution in [0.3, 0.4) is 0 Å². The van der Waals surface area contributed by atoms with Crippen LogP contribution in [0.5, 0.6) is 0 Å². The lowest BCUT2D eigenvalue weighted by atomic mass is 9.67. The second-order valence-corrected chi connectivity index (χ2v) is 14.2. The zero-order valence-electron chi connectivity index (χ0n) is 29.0. The molecule has 9 aromatic carbocycles. The lowest BCUT2D eigenvalue weighted by molar-refractivity contribution is 0.690.